The van der Waals surface area contributed by atoms with Crippen molar-refractivity contribution in [1.29, 1.82) is 0 Å². The van der Waals surface area contributed by atoms with Gasteiger partial charge in [-0.2, -0.15) is 0 Å². The SMILES string of the molecule is CCNC(=O)c1ccc(CN=C(N)Nc2cc(C)cc(C)c2)cc1.I. The summed E-state index contributed by atoms with van der Waals surface area (Å²) in [6, 6.07) is 13.5. The van der Waals surface area contributed by atoms with Crippen molar-refractivity contribution in [3.8, 4) is 0 Å². The summed E-state index contributed by atoms with van der Waals surface area (Å²) in [7, 11) is 0. The molecule has 0 saturated heterocycles. The van der Waals surface area contributed by atoms with Crippen LogP contribution in [-0.2, 0) is 6.54 Å². The Labute approximate surface area is 166 Å². The molecule has 0 bridgehead atoms. The summed E-state index contributed by atoms with van der Waals surface area (Å²) < 4.78 is 0. The van der Waals surface area contributed by atoms with E-state index in [0.717, 1.165) is 11.3 Å². The van der Waals surface area contributed by atoms with Crippen LogP contribution in [0.15, 0.2) is 47.5 Å². The Balaban J connectivity index is 0.00000312. The Kier molecular flexibility index (Phi) is 8.40. The van der Waals surface area contributed by atoms with Crippen molar-refractivity contribution >= 4 is 41.5 Å². The molecule has 0 fully saturated rings. The van der Waals surface area contributed by atoms with Gasteiger partial charge in [-0.15, -0.1) is 24.0 Å². The van der Waals surface area contributed by atoms with Crippen LogP contribution in [-0.4, -0.2) is 18.4 Å². The predicted octanol–water partition coefficient (Wildman–Crippen LogP) is 3.60. The fraction of sp³-hybridized carbons (Fsp3) is 0.263. The zero-order valence-electron chi connectivity index (χ0n) is 14.8. The Morgan fingerprint density at radius 3 is 2.24 bits per heavy atom. The first-order valence-corrected chi connectivity index (χ1v) is 8.00. The van der Waals surface area contributed by atoms with Crippen molar-refractivity contribution in [1.82, 2.24) is 5.32 Å². The van der Waals surface area contributed by atoms with E-state index in [1.807, 2.05) is 45.0 Å². The van der Waals surface area contributed by atoms with E-state index in [1.54, 1.807) is 12.1 Å². The van der Waals surface area contributed by atoms with Crippen LogP contribution >= 0.6 is 24.0 Å². The summed E-state index contributed by atoms with van der Waals surface area (Å²) in [5.74, 6) is 0.302. The maximum absolute atomic E-state index is 11.7. The van der Waals surface area contributed by atoms with Crippen LogP contribution in [0.3, 0.4) is 0 Å². The third-order valence-corrected chi connectivity index (χ3v) is 3.48. The number of nitrogens with zero attached hydrogens (tertiary/aromatic N) is 1. The van der Waals surface area contributed by atoms with Crippen LogP contribution in [0.2, 0.25) is 0 Å². The Bertz CT molecular complexity index is 721. The Morgan fingerprint density at radius 2 is 1.68 bits per heavy atom. The molecule has 0 radical (unpaired) electrons. The van der Waals surface area contributed by atoms with Crippen LogP contribution in [0.5, 0.6) is 0 Å². The minimum atomic E-state index is -0.0662. The van der Waals surface area contributed by atoms with Crippen molar-refractivity contribution in [3.05, 3.63) is 64.7 Å². The zero-order chi connectivity index (χ0) is 17.5. The highest BCUT2D eigenvalue weighted by Gasteiger charge is 2.03. The third kappa shape index (κ3) is 6.74. The van der Waals surface area contributed by atoms with Gasteiger partial charge in [0.25, 0.3) is 5.91 Å². The van der Waals surface area contributed by atoms with Crippen molar-refractivity contribution in [2.75, 3.05) is 11.9 Å². The van der Waals surface area contributed by atoms with Crippen molar-refractivity contribution in [2.45, 2.75) is 27.3 Å². The minimum Gasteiger partial charge on any atom is -0.370 e. The number of nitrogens with one attached hydrogen (secondary N) is 2. The Morgan fingerprint density at radius 1 is 1.08 bits per heavy atom. The van der Waals surface area contributed by atoms with Crippen molar-refractivity contribution in [2.24, 2.45) is 10.7 Å². The molecule has 0 saturated carbocycles. The number of carbonyl (C=O) groups is 1. The molecule has 0 heterocycles. The second kappa shape index (κ2) is 10.0. The number of nitrogens with two attached hydrogens (primary N) is 1. The first-order chi connectivity index (χ1) is 11.5. The molecular formula is C19H25IN4O. The number of aryl methyl sites for hydroxylation is 2. The lowest BCUT2D eigenvalue weighted by Gasteiger charge is -2.08. The molecule has 0 aromatic heterocycles. The fourth-order valence-corrected chi connectivity index (χ4v) is 2.43. The van der Waals surface area contributed by atoms with Gasteiger partial charge in [0.15, 0.2) is 5.96 Å². The standard InChI is InChI=1S/C19H24N4O.HI/c1-4-21-18(24)16-7-5-15(6-8-16)12-22-19(20)23-17-10-13(2)9-14(3)11-17;/h5-11H,4,12H2,1-3H3,(H,21,24)(H3,20,22,23);1H. The number of amides is 1. The van der Waals surface area contributed by atoms with Crippen molar-refractivity contribution in [3.63, 3.8) is 0 Å². The van der Waals surface area contributed by atoms with Gasteiger partial charge in [0.2, 0.25) is 0 Å². The van der Waals surface area contributed by atoms with Crippen LogP contribution in [0.1, 0.15) is 34.0 Å². The van der Waals surface area contributed by atoms with Crippen LogP contribution < -0.4 is 16.4 Å². The molecule has 0 aliphatic rings. The summed E-state index contributed by atoms with van der Waals surface area (Å²) >= 11 is 0. The molecular weight excluding hydrogens is 427 g/mol. The molecule has 2 aromatic rings. The molecule has 25 heavy (non-hydrogen) atoms. The van der Waals surface area contributed by atoms with E-state index in [4.69, 9.17) is 5.73 Å². The molecule has 134 valence electrons. The third-order valence-electron chi connectivity index (χ3n) is 3.48. The molecule has 4 N–H and O–H groups in total. The lowest BCUT2D eigenvalue weighted by Crippen LogP contribution is -2.23. The minimum absolute atomic E-state index is 0. The highest BCUT2D eigenvalue weighted by atomic mass is 127. The van der Waals surface area contributed by atoms with Gasteiger partial charge in [0.05, 0.1) is 6.54 Å². The number of hydrogen-bond acceptors (Lipinski definition) is 2. The second-order valence-corrected chi connectivity index (χ2v) is 5.76. The van der Waals surface area contributed by atoms with Gasteiger partial charge in [-0.05, 0) is 61.7 Å². The summed E-state index contributed by atoms with van der Waals surface area (Å²) in [6.45, 7) is 7.06. The molecule has 0 atom stereocenters. The molecule has 2 rings (SSSR count). The van der Waals surface area contributed by atoms with Gasteiger partial charge < -0.3 is 16.4 Å². The van der Waals surface area contributed by atoms with Gasteiger partial charge in [-0.1, -0.05) is 18.2 Å². The number of carbonyl (C=O) groups excluding carboxylic acids is 1. The van der Waals surface area contributed by atoms with E-state index >= 15 is 0 Å². The normalized spacial score (nSPS) is 10.8. The number of aliphatic imine (C=N–C) groups is 1. The molecule has 5 nitrogen and oxygen atoms in total. The van der Waals surface area contributed by atoms with Gasteiger partial charge in [-0.25, -0.2) is 4.99 Å². The fourth-order valence-electron chi connectivity index (χ4n) is 2.43. The van der Waals surface area contributed by atoms with E-state index in [2.05, 4.69) is 21.7 Å². The summed E-state index contributed by atoms with van der Waals surface area (Å²) in [5, 5.41) is 5.88. The quantitative estimate of drug-likeness (QED) is 0.369. The number of anilines is 1. The number of guanidine groups is 1. The average molecular weight is 452 g/mol. The molecule has 0 aliphatic heterocycles. The van der Waals surface area contributed by atoms with E-state index < -0.39 is 0 Å². The number of halogens is 1. The van der Waals surface area contributed by atoms with Crippen molar-refractivity contribution < 1.29 is 4.79 Å². The summed E-state index contributed by atoms with van der Waals surface area (Å²) in [5.41, 5.74) is 10.9. The smallest absolute Gasteiger partial charge is 0.251 e. The maximum atomic E-state index is 11.7. The zero-order valence-corrected chi connectivity index (χ0v) is 17.1. The van der Waals surface area contributed by atoms with Crippen LogP contribution in [0, 0.1) is 13.8 Å². The Hall–Kier alpha value is -2.09. The molecule has 0 unspecified atom stereocenters. The molecule has 6 heteroatoms. The van der Waals surface area contributed by atoms with E-state index in [9.17, 15) is 4.79 Å². The van der Waals surface area contributed by atoms with Gasteiger partial charge in [0.1, 0.15) is 0 Å². The van der Waals surface area contributed by atoms with Gasteiger partial charge in [0, 0.05) is 17.8 Å². The summed E-state index contributed by atoms with van der Waals surface area (Å²) in [6.07, 6.45) is 0. The monoisotopic (exact) mass is 452 g/mol. The lowest BCUT2D eigenvalue weighted by molar-refractivity contribution is 0.0956. The highest BCUT2D eigenvalue weighted by molar-refractivity contribution is 14.0. The second-order valence-electron chi connectivity index (χ2n) is 5.76. The topological polar surface area (TPSA) is 79.5 Å². The van der Waals surface area contributed by atoms with E-state index in [0.29, 0.717) is 24.6 Å². The number of hydrogen-bond donors (Lipinski definition) is 3. The van der Waals surface area contributed by atoms with Gasteiger partial charge >= 0.3 is 0 Å². The first-order valence-electron chi connectivity index (χ1n) is 8.00. The largest absolute Gasteiger partial charge is 0.370 e. The van der Waals surface area contributed by atoms with Crippen LogP contribution in [0.4, 0.5) is 5.69 Å². The lowest BCUT2D eigenvalue weighted by atomic mass is 10.1. The van der Waals surface area contributed by atoms with Crippen LogP contribution in [0.25, 0.3) is 0 Å². The first kappa shape index (κ1) is 21.0. The molecule has 0 aliphatic carbocycles. The van der Waals surface area contributed by atoms with E-state index in [-0.39, 0.29) is 29.9 Å². The maximum Gasteiger partial charge on any atom is 0.251 e. The average Bonchev–Trinajstić information content (AvgIpc) is 2.52. The van der Waals surface area contributed by atoms with Gasteiger partial charge in [-0.3, -0.25) is 4.79 Å². The predicted molar refractivity (Wildman–Crippen MR) is 115 cm³/mol. The molecule has 0 spiro atoms. The highest BCUT2D eigenvalue weighted by Crippen LogP contribution is 2.13. The number of benzene rings is 2. The summed E-state index contributed by atoms with van der Waals surface area (Å²) in [4.78, 5) is 16.1. The van der Waals surface area contributed by atoms with E-state index in [1.165, 1.54) is 11.1 Å². The number of rotatable bonds is 5. The molecule has 2 aromatic carbocycles. The molecule has 1 amide bonds.